The number of carbonyl (C=O) groups is 1. The summed E-state index contributed by atoms with van der Waals surface area (Å²) in [7, 11) is 0. The molecule has 0 spiro atoms. The highest BCUT2D eigenvalue weighted by Gasteiger charge is 2.10. The van der Waals surface area contributed by atoms with Crippen LogP contribution >= 0.6 is 34.7 Å². The van der Waals surface area contributed by atoms with Crippen LogP contribution in [0.3, 0.4) is 0 Å². The third-order valence-electron chi connectivity index (χ3n) is 3.35. The maximum absolute atomic E-state index is 13.0. The Morgan fingerprint density at radius 1 is 1.28 bits per heavy atom. The maximum atomic E-state index is 13.0. The standard InChI is InChI=1S/C18H14ClFN2OS2/c1-11-2-7-15(14(19)8-11)21-17(23)10-25-18-22-16(9-24-18)12-3-5-13(20)6-4-12/h2-9H,10H2,1H3,(H,21,23). The first-order valence-corrected chi connectivity index (χ1v) is 9.66. The number of thiazole rings is 1. The third-order valence-corrected chi connectivity index (χ3v) is 5.68. The molecule has 0 aliphatic heterocycles. The molecule has 0 bridgehead atoms. The zero-order chi connectivity index (χ0) is 17.8. The van der Waals surface area contributed by atoms with E-state index in [9.17, 15) is 9.18 Å². The molecule has 3 aromatic rings. The maximum Gasteiger partial charge on any atom is 0.234 e. The number of amides is 1. The summed E-state index contributed by atoms with van der Waals surface area (Å²) in [5.41, 5.74) is 3.26. The lowest BCUT2D eigenvalue weighted by atomic mass is 10.2. The van der Waals surface area contributed by atoms with Crippen LogP contribution in [0.4, 0.5) is 10.1 Å². The second-order valence-corrected chi connectivity index (χ2v) is 7.81. The van der Waals surface area contributed by atoms with Crippen LogP contribution in [0.25, 0.3) is 11.3 Å². The number of aryl methyl sites for hydroxylation is 1. The molecular weight excluding hydrogens is 379 g/mol. The SMILES string of the molecule is Cc1ccc(NC(=O)CSc2nc(-c3ccc(F)cc3)cs2)c(Cl)c1. The van der Waals surface area contributed by atoms with Crippen molar-refractivity contribution in [2.75, 3.05) is 11.1 Å². The first-order chi connectivity index (χ1) is 12.0. The summed E-state index contributed by atoms with van der Waals surface area (Å²) in [5, 5.41) is 5.21. The van der Waals surface area contributed by atoms with E-state index in [-0.39, 0.29) is 17.5 Å². The van der Waals surface area contributed by atoms with Gasteiger partial charge in [0.1, 0.15) is 5.82 Å². The van der Waals surface area contributed by atoms with Crippen molar-refractivity contribution in [3.05, 3.63) is 64.2 Å². The van der Waals surface area contributed by atoms with Crippen molar-refractivity contribution in [2.45, 2.75) is 11.3 Å². The van der Waals surface area contributed by atoms with Gasteiger partial charge in [0.25, 0.3) is 0 Å². The molecule has 7 heteroatoms. The molecular formula is C18H14ClFN2OS2. The molecule has 0 fully saturated rings. The van der Waals surface area contributed by atoms with Gasteiger partial charge < -0.3 is 5.32 Å². The van der Waals surface area contributed by atoms with Gasteiger partial charge in [0, 0.05) is 10.9 Å². The van der Waals surface area contributed by atoms with Crippen LogP contribution in [0, 0.1) is 12.7 Å². The molecule has 0 aliphatic carbocycles. The summed E-state index contributed by atoms with van der Waals surface area (Å²) in [4.78, 5) is 16.6. The summed E-state index contributed by atoms with van der Waals surface area (Å²) in [6.45, 7) is 1.94. The Bertz CT molecular complexity index is 896. The number of anilines is 1. The highest BCUT2D eigenvalue weighted by molar-refractivity contribution is 8.01. The van der Waals surface area contributed by atoms with Crippen LogP contribution < -0.4 is 5.32 Å². The Labute approximate surface area is 158 Å². The van der Waals surface area contributed by atoms with E-state index in [1.807, 2.05) is 18.4 Å². The summed E-state index contributed by atoms with van der Waals surface area (Å²) >= 11 is 8.92. The van der Waals surface area contributed by atoms with E-state index in [1.54, 1.807) is 24.3 Å². The molecule has 0 aliphatic rings. The number of nitrogens with zero attached hydrogens (tertiary/aromatic N) is 1. The summed E-state index contributed by atoms with van der Waals surface area (Å²) in [6, 6.07) is 11.7. The fourth-order valence-corrected chi connectivity index (χ4v) is 4.03. The summed E-state index contributed by atoms with van der Waals surface area (Å²) in [6.07, 6.45) is 0. The molecule has 1 heterocycles. The van der Waals surface area contributed by atoms with E-state index in [1.165, 1.54) is 35.2 Å². The quantitative estimate of drug-likeness (QED) is 0.571. The smallest absolute Gasteiger partial charge is 0.234 e. The minimum atomic E-state index is -0.278. The number of thioether (sulfide) groups is 1. The summed E-state index contributed by atoms with van der Waals surface area (Å²) < 4.78 is 13.8. The van der Waals surface area contributed by atoms with E-state index >= 15 is 0 Å². The molecule has 0 unspecified atom stereocenters. The van der Waals surface area contributed by atoms with E-state index < -0.39 is 0 Å². The second kappa shape index (κ2) is 7.99. The number of hydrogen-bond acceptors (Lipinski definition) is 4. The molecule has 0 saturated carbocycles. The topological polar surface area (TPSA) is 42.0 Å². The molecule has 25 heavy (non-hydrogen) atoms. The highest BCUT2D eigenvalue weighted by Crippen LogP contribution is 2.29. The van der Waals surface area contributed by atoms with Gasteiger partial charge in [-0.25, -0.2) is 9.37 Å². The van der Waals surface area contributed by atoms with E-state index in [0.29, 0.717) is 10.7 Å². The van der Waals surface area contributed by atoms with Crippen molar-refractivity contribution in [1.29, 1.82) is 0 Å². The predicted octanol–water partition coefficient (Wildman–Crippen LogP) is 5.64. The van der Waals surface area contributed by atoms with Crippen molar-refractivity contribution in [3.8, 4) is 11.3 Å². The monoisotopic (exact) mass is 392 g/mol. The van der Waals surface area contributed by atoms with Crippen LogP contribution in [-0.4, -0.2) is 16.6 Å². The largest absolute Gasteiger partial charge is 0.324 e. The van der Waals surface area contributed by atoms with Gasteiger partial charge in [0.05, 0.1) is 22.2 Å². The van der Waals surface area contributed by atoms with E-state index in [2.05, 4.69) is 10.3 Å². The zero-order valence-corrected chi connectivity index (χ0v) is 15.6. The Morgan fingerprint density at radius 2 is 2.04 bits per heavy atom. The number of halogens is 2. The zero-order valence-electron chi connectivity index (χ0n) is 13.3. The van der Waals surface area contributed by atoms with Gasteiger partial charge in [-0.1, -0.05) is 29.4 Å². The first-order valence-electron chi connectivity index (χ1n) is 7.41. The van der Waals surface area contributed by atoms with Crippen molar-refractivity contribution in [3.63, 3.8) is 0 Å². The van der Waals surface area contributed by atoms with Crippen molar-refractivity contribution < 1.29 is 9.18 Å². The van der Waals surface area contributed by atoms with Gasteiger partial charge in [-0.2, -0.15) is 0 Å². The van der Waals surface area contributed by atoms with E-state index in [4.69, 9.17) is 11.6 Å². The number of aromatic nitrogens is 1. The molecule has 0 saturated heterocycles. The Morgan fingerprint density at radius 3 is 2.76 bits per heavy atom. The van der Waals surface area contributed by atoms with Crippen LogP contribution in [0.2, 0.25) is 5.02 Å². The molecule has 128 valence electrons. The highest BCUT2D eigenvalue weighted by atomic mass is 35.5. The van der Waals surface area contributed by atoms with Crippen LogP contribution in [0.15, 0.2) is 52.2 Å². The normalized spacial score (nSPS) is 10.7. The van der Waals surface area contributed by atoms with Gasteiger partial charge in [0.15, 0.2) is 4.34 Å². The number of carbonyl (C=O) groups excluding carboxylic acids is 1. The lowest BCUT2D eigenvalue weighted by Gasteiger charge is -2.07. The van der Waals surface area contributed by atoms with Gasteiger partial charge in [0.2, 0.25) is 5.91 Å². The Hall–Kier alpha value is -1.89. The third kappa shape index (κ3) is 4.81. The summed E-state index contributed by atoms with van der Waals surface area (Å²) in [5.74, 6) is -0.185. The van der Waals surface area contributed by atoms with Gasteiger partial charge in [-0.05, 0) is 48.9 Å². The van der Waals surface area contributed by atoms with Crippen LogP contribution in [0.5, 0.6) is 0 Å². The average molecular weight is 393 g/mol. The van der Waals surface area contributed by atoms with Crippen molar-refractivity contribution in [1.82, 2.24) is 4.98 Å². The van der Waals surface area contributed by atoms with Crippen LogP contribution in [-0.2, 0) is 4.79 Å². The van der Waals surface area contributed by atoms with Crippen molar-refractivity contribution >= 4 is 46.3 Å². The Balaban J connectivity index is 1.58. The number of hydrogen-bond donors (Lipinski definition) is 1. The fourth-order valence-electron chi connectivity index (χ4n) is 2.11. The van der Waals surface area contributed by atoms with Crippen molar-refractivity contribution in [2.24, 2.45) is 0 Å². The average Bonchev–Trinajstić information content (AvgIpc) is 3.05. The van der Waals surface area contributed by atoms with E-state index in [0.717, 1.165) is 21.2 Å². The molecule has 3 nitrogen and oxygen atoms in total. The van der Waals surface area contributed by atoms with Gasteiger partial charge >= 0.3 is 0 Å². The lowest BCUT2D eigenvalue weighted by Crippen LogP contribution is -2.14. The van der Waals surface area contributed by atoms with Crippen LogP contribution in [0.1, 0.15) is 5.56 Å². The van der Waals surface area contributed by atoms with Gasteiger partial charge in [-0.3, -0.25) is 4.79 Å². The molecule has 3 rings (SSSR count). The predicted molar refractivity (Wildman–Crippen MR) is 103 cm³/mol. The number of nitrogens with one attached hydrogen (secondary N) is 1. The molecule has 0 atom stereocenters. The first kappa shape index (κ1) is 17.9. The molecule has 0 radical (unpaired) electrons. The second-order valence-electron chi connectivity index (χ2n) is 5.33. The minimum Gasteiger partial charge on any atom is -0.324 e. The molecule has 1 amide bonds. The number of benzene rings is 2. The molecule has 1 aromatic heterocycles. The molecule has 2 aromatic carbocycles. The lowest BCUT2D eigenvalue weighted by molar-refractivity contribution is -0.113. The molecule has 1 N–H and O–H groups in total. The Kier molecular flexibility index (Phi) is 5.73. The fraction of sp³-hybridized carbons (Fsp3) is 0.111. The number of rotatable bonds is 5. The minimum absolute atomic E-state index is 0.144. The van der Waals surface area contributed by atoms with Gasteiger partial charge in [-0.15, -0.1) is 11.3 Å².